The highest BCUT2D eigenvalue weighted by Gasteiger charge is 2.55. The number of aromatic nitrogens is 1. The normalized spacial score (nSPS) is 28.5. The van der Waals surface area contributed by atoms with Crippen molar-refractivity contribution in [1.82, 2.24) is 19.9 Å². The molecule has 2 saturated heterocycles. The summed E-state index contributed by atoms with van der Waals surface area (Å²) in [4.78, 5) is 49.1. The minimum Gasteiger partial charge on any atom is -0.488 e. The highest BCUT2D eigenvalue weighted by Crippen LogP contribution is 2.44. The zero-order valence-corrected chi connectivity index (χ0v) is 29.4. The average molecular weight is 702 g/mol. The number of anilines is 1. The third kappa shape index (κ3) is 7.04. The molecule has 2 aliphatic heterocycles. The van der Waals surface area contributed by atoms with Crippen LogP contribution in [-0.4, -0.2) is 71.0 Å². The van der Waals surface area contributed by atoms with E-state index < -0.39 is 50.3 Å². The number of nitrogens with zero attached hydrogens (tertiary/aromatic N) is 2. The number of ether oxygens (including phenoxy) is 1. The Kier molecular flexibility index (Phi) is 9.49. The molecular formula is C38H47N5O6S. The van der Waals surface area contributed by atoms with E-state index in [1.807, 2.05) is 54.6 Å². The van der Waals surface area contributed by atoms with Crippen molar-refractivity contribution < 1.29 is 27.5 Å². The standard InChI is InChI=1S/C38H47N5O6S/c1-37(20-21-37)50(47,48)42-36(46)38-19-17-26(24-38)11-5-2-3-8-16-31(40-27-12-6-4-7-13-27)35(45)43-25-28(23-32(43)34(44)41-38)49-33-18-22-39-30-15-10-9-14-29(30)33/h4,6-7,9-10,12-15,18,22,26,28,31-32,40H,2-3,5,8,11,16-17,19-21,23-25H2,1H3,(H,41,44)(H,42,46)/t26?,28-,31+,32+,38-/m1/s1. The van der Waals surface area contributed by atoms with Gasteiger partial charge in [0.15, 0.2) is 0 Å². The van der Waals surface area contributed by atoms with Crippen molar-refractivity contribution >= 4 is 44.3 Å². The van der Waals surface area contributed by atoms with Crippen molar-refractivity contribution in [2.24, 2.45) is 5.92 Å². The summed E-state index contributed by atoms with van der Waals surface area (Å²) in [5.74, 6) is -0.565. The number of sulfonamides is 1. The summed E-state index contributed by atoms with van der Waals surface area (Å²) in [7, 11) is -3.92. The fraction of sp³-hybridized carbons (Fsp3) is 0.526. The minimum absolute atomic E-state index is 0.176. The van der Waals surface area contributed by atoms with Crippen LogP contribution in [0.2, 0.25) is 0 Å². The fourth-order valence-electron chi connectivity index (χ4n) is 7.93. The van der Waals surface area contributed by atoms with Gasteiger partial charge < -0.3 is 20.3 Å². The van der Waals surface area contributed by atoms with Gasteiger partial charge in [-0.1, -0.05) is 62.4 Å². The molecule has 2 aliphatic carbocycles. The Morgan fingerprint density at radius 1 is 0.940 bits per heavy atom. The second-order valence-electron chi connectivity index (χ2n) is 14.9. The van der Waals surface area contributed by atoms with E-state index in [4.69, 9.17) is 4.74 Å². The molecule has 50 heavy (non-hydrogen) atoms. The zero-order valence-electron chi connectivity index (χ0n) is 28.6. The van der Waals surface area contributed by atoms with Gasteiger partial charge in [0.25, 0.3) is 5.91 Å². The van der Waals surface area contributed by atoms with Crippen LogP contribution in [0.1, 0.15) is 84.0 Å². The predicted molar refractivity (Wildman–Crippen MR) is 191 cm³/mol. The lowest BCUT2D eigenvalue weighted by atomic mass is 9.92. The number of para-hydroxylation sites is 2. The van der Waals surface area contributed by atoms with Crippen LogP contribution in [0.3, 0.4) is 0 Å². The maximum absolute atomic E-state index is 14.6. The SMILES string of the molecule is CC1(S(=O)(=O)NC(=O)[C@]23CCC(CCCCCC[C@H](Nc4ccccc4)C(=O)N4C[C@H](Oc5ccnc6ccccc56)C[C@H]4C(=O)N2)C3)CC1. The van der Waals surface area contributed by atoms with E-state index in [9.17, 15) is 22.8 Å². The lowest BCUT2D eigenvalue weighted by Gasteiger charge is -2.34. The summed E-state index contributed by atoms with van der Waals surface area (Å²) in [5, 5.41) is 7.33. The molecule has 0 spiro atoms. The van der Waals surface area contributed by atoms with Crippen molar-refractivity contribution in [1.29, 1.82) is 0 Å². The van der Waals surface area contributed by atoms with Crippen LogP contribution in [0.25, 0.3) is 10.9 Å². The van der Waals surface area contributed by atoms with Crippen LogP contribution in [0.15, 0.2) is 66.9 Å². The summed E-state index contributed by atoms with van der Waals surface area (Å²) in [6.45, 7) is 1.82. The molecule has 11 nitrogen and oxygen atoms in total. The maximum atomic E-state index is 14.6. The van der Waals surface area contributed by atoms with Gasteiger partial charge in [0, 0.05) is 23.7 Å². The van der Waals surface area contributed by atoms with Gasteiger partial charge in [-0.2, -0.15) is 0 Å². The first-order valence-electron chi connectivity index (χ1n) is 18.1. The monoisotopic (exact) mass is 701 g/mol. The van der Waals surface area contributed by atoms with Gasteiger partial charge >= 0.3 is 0 Å². The highest BCUT2D eigenvalue weighted by molar-refractivity contribution is 7.91. The molecule has 4 fully saturated rings. The summed E-state index contributed by atoms with van der Waals surface area (Å²) < 4.78 is 34.4. The van der Waals surface area contributed by atoms with E-state index in [1.165, 1.54) is 0 Å². The van der Waals surface area contributed by atoms with E-state index in [0.29, 0.717) is 44.3 Å². The van der Waals surface area contributed by atoms with E-state index >= 15 is 0 Å². The van der Waals surface area contributed by atoms with Crippen LogP contribution < -0.4 is 20.1 Å². The van der Waals surface area contributed by atoms with Crippen LogP contribution in [0.5, 0.6) is 5.75 Å². The Morgan fingerprint density at radius 3 is 2.46 bits per heavy atom. The molecule has 3 heterocycles. The summed E-state index contributed by atoms with van der Waals surface area (Å²) in [6.07, 6.45) is 9.02. The number of hydrogen-bond acceptors (Lipinski definition) is 8. The molecular weight excluding hydrogens is 655 g/mol. The summed E-state index contributed by atoms with van der Waals surface area (Å²) in [6, 6.07) is 17.5. The van der Waals surface area contributed by atoms with E-state index in [1.54, 1.807) is 24.1 Å². The van der Waals surface area contributed by atoms with Crippen LogP contribution in [0.4, 0.5) is 5.69 Å². The van der Waals surface area contributed by atoms with Gasteiger partial charge in [0.2, 0.25) is 21.8 Å². The van der Waals surface area contributed by atoms with E-state index in [2.05, 4.69) is 20.3 Å². The topological polar surface area (TPSA) is 147 Å². The molecule has 266 valence electrons. The number of pyridine rings is 1. The van der Waals surface area contributed by atoms with Gasteiger partial charge in [-0.25, -0.2) is 8.42 Å². The third-order valence-electron chi connectivity index (χ3n) is 11.3. The maximum Gasteiger partial charge on any atom is 0.259 e. The highest BCUT2D eigenvalue weighted by atomic mass is 32.2. The number of carbonyl (C=O) groups excluding carboxylic acids is 3. The first-order valence-corrected chi connectivity index (χ1v) is 19.6. The molecule has 2 aromatic carbocycles. The van der Waals surface area contributed by atoms with Gasteiger partial charge in [0.1, 0.15) is 29.5 Å². The molecule has 3 amide bonds. The fourth-order valence-corrected chi connectivity index (χ4v) is 9.26. The van der Waals surface area contributed by atoms with Crippen LogP contribution in [-0.2, 0) is 24.4 Å². The van der Waals surface area contributed by atoms with Crippen molar-refractivity contribution in [3.8, 4) is 5.75 Å². The molecule has 3 N–H and O–H groups in total. The largest absolute Gasteiger partial charge is 0.488 e. The minimum atomic E-state index is -3.92. The molecule has 1 unspecified atom stereocenters. The quantitative estimate of drug-likeness (QED) is 0.310. The summed E-state index contributed by atoms with van der Waals surface area (Å²) >= 11 is 0. The number of benzene rings is 2. The van der Waals surface area contributed by atoms with Crippen molar-refractivity contribution in [2.45, 2.75) is 112 Å². The third-order valence-corrected chi connectivity index (χ3v) is 13.4. The number of hydrogen-bond donors (Lipinski definition) is 3. The van der Waals surface area contributed by atoms with Crippen LogP contribution >= 0.6 is 0 Å². The molecule has 2 saturated carbocycles. The van der Waals surface area contributed by atoms with Gasteiger partial charge in [-0.15, -0.1) is 0 Å². The van der Waals surface area contributed by atoms with Crippen molar-refractivity contribution in [2.75, 3.05) is 11.9 Å². The molecule has 3 aromatic rings. The number of carbonyl (C=O) groups is 3. The van der Waals surface area contributed by atoms with Gasteiger partial charge in [-0.05, 0) is 81.7 Å². The smallest absolute Gasteiger partial charge is 0.259 e. The molecule has 2 bridgehead atoms. The Morgan fingerprint density at radius 2 is 1.68 bits per heavy atom. The molecule has 1 aromatic heterocycles. The lowest BCUT2D eigenvalue weighted by Crippen LogP contribution is -2.62. The van der Waals surface area contributed by atoms with Crippen molar-refractivity contribution in [3.05, 3.63) is 66.9 Å². The van der Waals surface area contributed by atoms with E-state index in [0.717, 1.165) is 48.7 Å². The second-order valence-corrected chi connectivity index (χ2v) is 17.1. The number of nitrogens with one attached hydrogen (secondary N) is 3. The Labute approximate surface area is 294 Å². The average Bonchev–Trinajstić information content (AvgIpc) is 3.54. The molecule has 12 heteroatoms. The zero-order chi connectivity index (χ0) is 34.9. The lowest BCUT2D eigenvalue weighted by molar-refractivity contribution is -0.141. The van der Waals surface area contributed by atoms with Gasteiger partial charge in [0.05, 0.1) is 16.8 Å². The van der Waals surface area contributed by atoms with E-state index in [-0.39, 0.29) is 24.8 Å². The first kappa shape index (κ1) is 34.3. The number of rotatable bonds is 7. The van der Waals surface area contributed by atoms with Gasteiger partial charge in [-0.3, -0.25) is 24.1 Å². The molecule has 7 rings (SSSR count). The second kappa shape index (κ2) is 13.8. The van der Waals surface area contributed by atoms with Crippen LogP contribution in [0, 0.1) is 5.92 Å². The number of fused-ring (bicyclic) bond motifs is 4. The predicted octanol–water partition coefficient (Wildman–Crippen LogP) is 5.07. The summed E-state index contributed by atoms with van der Waals surface area (Å²) in [5.41, 5.74) is 0.202. The molecule has 0 radical (unpaired) electrons. The number of amides is 3. The molecule has 4 aliphatic rings. The first-order chi connectivity index (χ1) is 24.1. The Bertz CT molecular complexity index is 1850. The molecule has 5 atom stereocenters. The Balaban J connectivity index is 1.20. The van der Waals surface area contributed by atoms with Crippen molar-refractivity contribution in [3.63, 3.8) is 0 Å². The Hall–Kier alpha value is -4.19.